The number of aryl methyl sites for hydroxylation is 2. The van der Waals surface area contributed by atoms with Crippen molar-refractivity contribution in [2.75, 3.05) is 6.61 Å². The van der Waals surface area contributed by atoms with Crippen molar-refractivity contribution in [3.63, 3.8) is 0 Å². The van der Waals surface area contributed by atoms with E-state index in [-0.39, 0.29) is 5.38 Å². The van der Waals surface area contributed by atoms with E-state index in [2.05, 4.69) is 32.0 Å². The Hall–Kier alpha value is -0.690. The topological polar surface area (TPSA) is 9.23 Å². The highest BCUT2D eigenvalue weighted by atomic mass is 35.5. The van der Waals surface area contributed by atoms with Crippen LogP contribution in [-0.4, -0.2) is 12.0 Å². The molecule has 1 aromatic carbocycles. The smallest absolute Gasteiger partial charge is 0.125 e. The van der Waals surface area contributed by atoms with Crippen LogP contribution in [-0.2, 0) is 12.8 Å². The van der Waals surface area contributed by atoms with Gasteiger partial charge < -0.3 is 4.74 Å². The predicted molar refractivity (Wildman–Crippen MR) is 73.1 cm³/mol. The summed E-state index contributed by atoms with van der Waals surface area (Å²) < 4.78 is 5.80. The number of rotatable bonds is 4. The molecule has 0 spiro atoms. The molecule has 0 bridgehead atoms. The lowest BCUT2D eigenvalue weighted by Gasteiger charge is -2.21. The third kappa shape index (κ3) is 3.16. The van der Waals surface area contributed by atoms with Crippen molar-refractivity contribution in [1.29, 1.82) is 0 Å². The van der Waals surface area contributed by atoms with Crippen molar-refractivity contribution in [3.05, 3.63) is 29.3 Å². The number of fused-ring (bicyclic) bond motifs is 1. The Labute approximate surface area is 109 Å². The maximum absolute atomic E-state index is 6.31. The van der Waals surface area contributed by atoms with Crippen LogP contribution >= 0.6 is 11.6 Å². The standard InChI is InChI=1S/C15H21ClO/c1-11(2)14(16)9-8-13-6-3-5-12-7-4-10-17-15(12)13/h3,5-6,11,14H,4,7-10H2,1-2H3. The number of hydrogen-bond acceptors (Lipinski definition) is 1. The fourth-order valence-corrected chi connectivity index (χ4v) is 2.39. The Morgan fingerprint density at radius 1 is 1.35 bits per heavy atom. The van der Waals surface area contributed by atoms with Gasteiger partial charge in [0.1, 0.15) is 5.75 Å². The molecule has 2 rings (SSSR count). The second-order valence-electron chi connectivity index (χ2n) is 5.16. The zero-order chi connectivity index (χ0) is 12.3. The first kappa shape index (κ1) is 12.8. The molecule has 1 heterocycles. The highest BCUT2D eigenvalue weighted by Crippen LogP contribution is 2.30. The molecule has 0 fully saturated rings. The fraction of sp³-hybridized carbons (Fsp3) is 0.600. The summed E-state index contributed by atoms with van der Waals surface area (Å²) in [6.45, 7) is 5.21. The summed E-state index contributed by atoms with van der Waals surface area (Å²) in [5.74, 6) is 1.67. The normalized spacial score (nSPS) is 16.5. The number of hydrogen-bond donors (Lipinski definition) is 0. The van der Waals surface area contributed by atoms with Crippen LogP contribution in [0.2, 0.25) is 0 Å². The Bertz CT molecular complexity index is 373. The Morgan fingerprint density at radius 3 is 2.94 bits per heavy atom. The summed E-state index contributed by atoms with van der Waals surface area (Å²) in [5, 5.41) is 0.259. The average molecular weight is 253 g/mol. The first-order chi connectivity index (χ1) is 8.18. The van der Waals surface area contributed by atoms with E-state index < -0.39 is 0 Å². The van der Waals surface area contributed by atoms with Crippen molar-refractivity contribution in [1.82, 2.24) is 0 Å². The molecule has 1 nitrogen and oxygen atoms in total. The van der Waals surface area contributed by atoms with Crippen molar-refractivity contribution in [2.45, 2.75) is 44.9 Å². The van der Waals surface area contributed by atoms with Gasteiger partial charge in [-0.25, -0.2) is 0 Å². The lowest BCUT2D eigenvalue weighted by atomic mass is 9.97. The van der Waals surface area contributed by atoms with Crippen LogP contribution in [0.15, 0.2) is 18.2 Å². The van der Waals surface area contributed by atoms with E-state index in [1.807, 2.05) is 0 Å². The molecule has 2 heteroatoms. The van der Waals surface area contributed by atoms with Gasteiger partial charge in [0.15, 0.2) is 0 Å². The molecule has 0 saturated heterocycles. The van der Waals surface area contributed by atoms with Gasteiger partial charge in [0, 0.05) is 5.38 Å². The quantitative estimate of drug-likeness (QED) is 0.730. The molecule has 1 aliphatic rings. The van der Waals surface area contributed by atoms with Crippen LogP contribution < -0.4 is 4.74 Å². The van der Waals surface area contributed by atoms with Crippen LogP contribution in [0.1, 0.15) is 37.8 Å². The van der Waals surface area contributed by atoms with Crippen LogP contribution in [0.4, 0.5) is 0 Å². The molecule has 1 atom stereocenters. The van der Waals surface area contributed by atoms with Crippen molar-refractivity contribution >= 4 is 11.6 Å². The van der Waals surface area contributed by atoms with Gasteiger partial charge in [0.2, 0.25) is 0 Å². The number of ether oxygens (including phenoxy) is 1. The van der Waals surface area contributed by atoms with Crippen molar-refractivity contribution < 1.29 is 4.74 Å². The van der Waals surface area contributed by atoms with Gasteiger partial charge in [-0.2, -0.15) is 0 Å². The number of halogens is 1. The Balaban J connectivity index is 2.06. The van der Waals surface area contributed by atoms with Crippen LogP contribution in [0.3, 0.4) is 0 Å². The van der Waals surface area contributed by atoms with Gasteiger partial charge in [-0.1, -0.05) is 32.0 Å². The van der Waals surface area contributed by atoms with Gasteiger partial charge in [-0.05, 0) is 42.7 Å². The predicted octanol–water partition coefficient (Wildman–Crippen LogP) is 4.21. The Kier molecular flexibility index (Phi) is 4.33. The molecule has 0 aliphatic carbocycles. The fourth-order valence-electron chi connectivity index (χ4n) is 2.28. The zero-order valence-corrected chi connectivity index (χ0v) is 11.5. The lowest BCUT2D eigenvalue weighted by Crippen LogP contribution is -2.12. The number of para-hydroxylation sites is 1. The Morgan fingerprint density at radius 2 is 2.18 bits per heavy atom. The van der Waals surface area contributed by atoms with Gasteiger partial charge in [-0.15, -0.1) is 11.6 Å². The minimum atomic E-state index is 0.259. The molecular weight excluding hydrogens is 232 g/mol. The van der Waals surface area contributed by atoms with Crippen LogP contribution in [0.5, 0.6) is 5.75 Å². The second kappa shape index (κ2) is 5.77. The maximum atomic E-state index is 6.31. The summed E-state index contributed by atoms with van der Waals surface area (Å²) >= 11 is 6.31. The molecule has 1 aliphatic heterocycles. The van der Waals surface area contributed by atoms with E-state index in [1.54, 1.807) is 0 Å². The van der Waals surface area contributed by atoms with Crippen molar-refractivity contribution in [3.8, 4) is 5.75 Å². The molecule has 1 unspecified atom stereocenters. The van der Waals surface area contributed by atoms with Gasteiger partial charge >= 0.3 is 0 Å². The summed E-state index contributed by atoms with van der Waals surface area (Å²) in [5.41, 5.74) is 2.69. The highest BCUT2D eigenvalue weighted by Gasteiger charge is 2.16. The van der Waals surface area contributed by atoms with E-state index in [0.717, 1.165) is 38.0 Å². The third-order valence-corrected chi connectivity index (χ3v) is 4.15. The molecule has 94 valence electrons. The van der Waals surface area contributed by atoms with E-state index >= 15 is 0 Å². The molecule has 0 aromatic heterocycles. The van der Waals surface area contributed by atoms with Crippen molar-refractivity contribution in [2.24, 2.45) is 5.92 Å². The lowest BCUT2D eigenvalue weighted by molar-refractivity contribution is 0.285. The molecule has 17 heavy (non-hydrogen) atoms. The minimum Gasteiger partial charge on any atom is -0.493 e. The maximum Gasteiger partial charge on any atom is 0.125 e. The van der Waals surface area contributed by atoms with Gasteiger partial charge in [0.25, 0.3) is 0 Å². The van der Waals surface area contributed by atoms with Crippen LogP contribution in [0.25, 0.3) is 0 Å². The SMILES string of the molecule is CC(C)C(Cl)CCc1cccc2c1OCCC2. The van der Waals surface area contributed by atoms with E-state index in [0.29, 0.717) is 5.92 Å². The van der Waals surface area contributed by atoms with Gasteiger partial charge in [-0.3, -0.25) is 0 Å². The monoisotopic (exact) mass is 252 g/mol. The van der Waals surface area contributed by atoms with Crippen LogP contribution in [0, 0.1) is 5.92 Å². The van der Waals surface area contributed by atoms with E-state index in [1.165, 1.54) is 11.1 Å². The molecule has 0 amide bonds. The zero-order valence-electron chi connectivity index (χ0n) is 10.7. The molecular formula is C15H21ClO. The molecule has 0 saturated carbocycles. The number of alkyl halides is 1. The summed E-state index contributed by atoms with van der Waals surface area (Å²) in [4.78, 5) is 0. The first-order valence-electron chi connectivity index (χ1n) is 6.56. The molecule has 0 N–H and O–H groups in total. The summed E-state index contributed by atoms with van der Waals surface area (Å²) in [6.07, 6.45) is 4.34. The highest BCUT2D eigenvalue weighted by molar-refractivity contribution is 6.20. The largest absolute Gasteiger partial charge is 0.493 e. The summed E-state index contributed by atoms with van der Waals surface area (Å²) in [6, 6.07) is 6.49. The number of benzene rings is 1. The summed E-state index contributed by atoms with van der Waals surface area (Å²) in [7, 11) is 0. The van der Waals surface area contributed by atoms with Gasteiger partial charge in [0.05, 0.1) is 6.61 Å². The third-order valence-electron chi connectivity index (χ3n) is 3.43. The van der Waals surface area contributed by atoms with E-state index in [4.69, 9.17) is 16.3 Å². The molecule has 1 aromatic rings. The van der Waals surface area contributed by atoms with E-state index in [9.17, 15) is 0 Å². The average Bonchev–Trinajstić information content (AvgIpc) is 2.35. The minimum absolute atomic E-state index is 0.259. The second-order valence-corrected chi connectivity index (χ2v) is 5.72. The first-order valence-corrected chi connectivity index (χ1v) is 6.99. The molecule has 0 radical (unpaired) electrons.